The molecule has 3 nitrogen and oxygen atoms in total. The van der Waals surface area contributed by atoms with Gasteiger partial charge in [0, 0.05) is 12.6 Å². The molecule has 1 heterocycles. The first-order valence-electron chi connectivity index (χ1n) is 3.43. The van der Waals surface area contributed by atoms with Crippen LogP contribution in [0.1, 0.15) is 6.92 Å². The minimum atomic E-state index is 0.443. The molecule has 0 saturated carbocycles. The summed E-state index contributed by atoms with van der Waals surface area (Å²) in [6.45, 7) is 7.37. The number of guanidine groups is 1. The van der Waals surface area contributed by atoms with Crippen molar-refractivity contribution < 1.29 is 0 Å². The first-order valence-corrected chi connectivity index (χ1v) is 3.43. The highest BCUT2D eigenvalue weighted by atomic mass is 15.3. The van der Waals surface area contributed by atoms with Crippen molar-refractivity contribution in [3.8, 4) is 0 Å². The van der Waals surface area contributed by atoms with Crippen LogP contribution >= 0.6 is 0 Å². The zero-order valence-corrected chi connectivity index (χ0v) is 6.25. The van der Waals surface area contributed by atoms with Crippen molar-refractivity contribution in [2.45, 2.75) is 13.0 Å². The Kier molecular flexibility index (Phi) is 1.94. The fourth-order valence-corrected chi connectivity index (χ4v) is 1.05. The number of aliphatic imine (C=N–C) groups is 1. The van der Waals surface area contributed by atoms with E-state index in [4.69, 9.17) is 5.73 Å². The van der Waals surface area contributed by atoms with Crippen molar-refractivity contribution in [2.75, 3.05) is 13.1 Å². The Morgan fingerprint density at radius 2 is 2.70 bits per heavy atom. The lowest BCUT2D eigenvalue weighted by Crippen LogP contribution is -2.38. The third-order valence-corrected chi connectivity index (χ3v) is 1.67. The highest BCUT2D eigenvalue weighted by Crippen LogP contribution is 2.05. The lowest BCUT2D eigenvalue weighted by molar-refractivity contribution is 0.395. The number of nitrogens with two attached hydrogens (primary N) is 1. The van der Waals surface area contributed by atoms with Crippen LogP contribution in [0.4, 0.5) is 0 Å². The lowest BCUT2D eigenvalue weighted by Gasteiger charge is -2.20. The fourth-order valence-electron chi connectivity index (χ4n) is 1.05. The maximum atomic E-state index is 5.58. The van der Waals surface area contributed by atoms with Gasteiger partial charge in [-0.25, -0.2) is 0 Å². The molecule has 0 bridgehead atoms. The van der Waals surface area contributed by atoms with E-state index in [0.29, 0.717) is 12.0 Å². The van der Waals surface area contributed by atoms with Gasteiger partial charge in [-0.1, -0.05) is 6.08 Å². The zero-order chi connectivity index (χ0) is 7.56. The number of hydrogen-bond donors (Lipinski definition) is 1. The van der Waals surface area contributed by atoms with Gasteiger partial charge >= 0.3 is 0 Å². The van der Waals surface area contributed by atoms with Gasteiger partial charge in [-0.15, -0.1) is 6.58 Å². The normalized spacial score (nSPS) is 24.7. The van der Waals surface area contributed by atoms with E-state index in [9.17, 15) is 0 Å². The van der Waals surface area contributed by atoms with Crippen molar-refractivity contribution in [3.63, 3.8) is 0 Å². The minimum Gasteiger partial charge on any atom is -0.370 e. The SMILES string of the molecule is C=CCN1C(N)=NCC1C. The smallest absolute Gasteiger partial charge is 0.191 e. The maximum Gasteiger partial charge on any atom is 0.191 e. The molecule has 1 unspecified atom stereocenters. The molecule has 3 heteroatoms. The molecule has 1 aliphatic heterocycles. The minimum absolute atomic E-state index is 0.443. The Hall–Kier alpha value is -0.990. The number of nitrogens with zero attached hydrogens (tertiary/aromatic N) is 2. The zero-order valence-electron chi connectivity index (χ0n) is 6.25. The second-order valence-electron chi connectivity index (χ2n) is 2.49. The molecular weight excluding hydrogens is 126 g/mol. The first kappa shape index (κ1) is 7.12. The van der Waals surface area contributed by atoms with Crippen molar-refractivity contribution in [2.24, 2.45) is 10.7 Å². The third-order valence-electron chi connectivity index (χ3n) is 1.67. The quantitative estimate of drug-likeness (QED) is 0.555. The van der Waals surface area contributed by atoms with Gasteiger partial charge < -0.3 is 10.6 Å². The van der Waals surface area contributed by atoms with Crippen molar-refractivity contribution in [1.82, 2.24) is 4.90 Å². The van der Waals surface area contributed by atoms with Crippen LogP contribution in [-0.4, -0.2) is 30.0 Å². The standard InChI is InChI=1S/C7H13N3/c1-3-4-10-6(2)5-9-7(10)8/h3,6H,1,4-5H2,2H3,(H2,8,9). The molecule has 1 rings (SSSR count). The largest absolute Gasteiger partial charge is 0.370 e. The van der Waals surface area contributed by atoms with Gasteiger partial charge in [0.1, 0.15) is 0 Å². The molecule has 0 radical (unpaired) electrons. The summed E-state index contributed by atoms with van der Waals surface area (Å²) in [5.41, 5.74) is 5.58. The number of rotatable bonds is 2. The van der Waals surface area contributed by atoms with Gasteiger partial charge in [0.25, 0.3) is 0 Å². The summed E-state index contributed by atoms with van der Waals surface area (Å²) >= 11 is 0. The van der Waals surface area contributed by atoms with E-state index >= 15 is 0 Å². The Labute approximate surface area is 61.2 Å². The van der Waals surface area contributed by atoms with Crippen LogP contribution in [-0.2, 0) is 0 Å². The molecule has 0 aliphatic carbocycles. The second-order valence-corrected chi connectivity index (χ2v) is 2.49. The van der Waals surface area contributed by atoms with Crippen LogP contribution in [0.2, 0.25) is 0 Å². The van der Waals surface area contributed by atoms with E-state index < -0.39 is 0 Å². The van der Waals surface area contributed by atoms with Gasteiger partial charge in [-0.2, -0.15) is 0 Å². The average molecular weight is 139 g/mol. The fraction of sp³-hybridized carbons (Fsp3) is 0.571. The molecule has 2 N–H and O–H groups in total. The van der Waals surface area contributed by atoms with Crippen LogP contribution in [0, 0.1) is 0 Å². The molecule has 1 atom stereocenters. The summed E-state index contributed by atoms with van der Waals surface area (Å²) in [4.78, 5) is 6.12. The van der Waals surface area contributed by atoms with Crippen molar-refractivity contribution in [3.05, 3.63) is 12.7 Å². The van der Waals surface area contributed by atoms with E-state index in [1.54, 1.807) is 0 Å². The van der Waals surface area contributed by atoms with Gasteiger partial charge in [-0.3, -0.25) is 4.99 Å². The van der Waals surface area contributed by atoms with Gasteiger partial charge in [-0.05, 0) is 6.92 Å². The summed E-state index contributed by atoms with van der Waals surface area (Å²) in [6, 6.07) is 0.443. The second kappa shape index (κ2) is 2.73. The third kappa shape index (κ3) is 1.12. The van der Waals surface area contributed by atoms with Crippen molar-refractivity contribution >= 4 is 5.96 Å². The van der Waals surface area contributed by atoms with Crippen LogP contribution in [0.15, 0.2) is 17.6 Å². The van der Waals surface area contributed by atoms with Crippen LogP contribution in [0.5, 0.6) is 0 Å². The molecule has 0 aromatic heterocycles. The summed E-state index contributed by atoms with van der Waals surface area (Å²) in [7, 11) is 0. The van der Waals surface area contributed by atoms with Gasteiger partial charge in [0.05, 0.1) is 6.54 Å². The van der Waals surface area contributed by atoms with Crippen LogP contribution < -0.4 is 5.73 Å². The summed E-state index contributed by atoms with van der Waals surface area (Å²) in [5, 5.41) is 0. The number of hydrogen-bond acceptors (Lipinski definition) is 3. The predicted molar refractivity (Wildman–Crippen MR) is 42.9 cm³/mol. The van der Waals surface area contributed by atoms with Gasteiger partial charge in [0.15, 0.2) is 5.96 Å². The van der Waals surface area contributed by atoms with Gasteiger partial charge in [0.2, 0.25) is 0 Å². The monoisotopic (exact) mass is 139 g/mol. The molecule has 0 saturated heterocycles. The van der Waals surface area contributed by atoms with Crippen LogP contribution in [0.3, 0.4) is 0 Å². The Bertz CT molecular complexity index is 162. The van der Waals surface area contributed by atoms with E-state index in [1.165, 1.54) is 0 Å². The highest BCUT2D eigenvalue weighted by molar-refractivity contribution is 5.80. The molecule has 0 spiro atoms. The van der Waals surface area contributed by atoms with E-state index in [-0.39, 0.29) is 0 Å². The van der Waals surface area contributed by atoms with E-state index in [2.05, 4.69) is 18.5 Å². The highest BCUT2D eigenvalue weighted by Gasteiger charge is 2.19. The Morgan fingerprint density at radius 1 is 2.00 bits per heavy atom. The molecule has 0 fully saturated rings. The summed E-state index contributed by atoms with van der Waals surface area (Å²) in [5.74, 6) is 0.646. The van der Waals surface area contributed by atoms with Crippen LogP contribution in [0.25, 0.3) is 0 Å². The molecule has 0 amide bonds. The molecule has 0 aromatic carbocycles. The summed E-state index contributed by atoms with van der Waals surface area (Å²) < 4.78 is 0. The van der Waals surface area contributed by atoms with E-state index in [0.717, 1.165) is 13.1 Å². The first-order chi connectivity index (χ1) is 4.75. The Balaban J connectivity index is 2.55. The molecule has 56 valence electrons. The van der Waals surface area contributed by atoms with E-state index in [1.807, 2.05) is 11.0 Å². The maximum absolute atomic E-state index is 5.58. The topological polar surface area (TPSA) is 41.6 Å². The molecule has 1 aliphatic rings. The lowest BCUT2D eigenvalue weighted by atomic mass is 10.3. The predicted octanol–water partition coefficient (Wildman–Crippen LogP) is 0.191. The average Bonchev–Trinajstić information content (AvgIpc) is 2.20. The van der Waals surface area contributed by atoms with Crippen molar-refractivity contribution in [1.29, 1.82) is 0 Å². The molecular formula is C7H13N3. The molecule has 0 aromatic rings. The Morgan fingerprint density at radius 3 is 3.10 bits per heavy atom. The molecule has 10 heavy (non-hydrogen) atoms. The summed E-state index contributed by atoms with van der Waals surface area (Å²) in [6.07, 6.45) is 1.84.